The molecule has 1 heterocycles. The normalized spacial score (nSPS) is 9.40. The van der Waals surface area contributed by atoms with Crippen LogP contribution in [-0.4, -0.2) is 0 Å². The van der Waals surface area contributed by atoms with Crippen molar-refractivity contribution in [2.75, 3.05) is 0 Å². The first-order valence-electron chi connectivity index (χ1n) is 4.66. The summed E-state index contributed by atoms with van der Waals surface area (Å²) in [5, 5.41) is 0. The number of hydrogen-bond donors (Lipinski definition) is 1. The second-order valence-corrected chi connectivity index (χ2v) is 3.15. The van der Waals surface area contributed by atoms with Gasteiger partial charge >= 0.3 is 0 Å². The van der Waals surface area contributed by atoms with Gasteiger partial charge in [-0.25, -0.2) is 0 Å². The number of aromatic nitrogens is 1. The zero-order valence-electron chi connectivity index (χ0n) is 8.31. The summed E-state index contributed by atoms with van der Waals surface area (Å²) in [4.78, 5) is 0. The van der Waals surface area contributed by atoms with Crippen LogP contribution in [0, 0.1) is 0 Å². The third kappa shape index (κ3) is 2.78. The van der Waals surface area contributed by atoms with E-state index in [9.17, 15) is 0 Å². The van der Waals surface area contributed by atoms with E-state index in [1.807, 2.05) is 30.6 Å². The number of nitrogens with two attached hydrogens (primary N) is 1. The quantitative estimate of drug-likeness (QED) is 0.609. The third-order valence-electron chi connectivity index (χ3n) is 2.19. The van der Waals surface area contributed by atoms with Gasteiger partial charge in [0.2, 0.25) is 5.69 Å². The predicted molar refractivity (Wildman–Crippen MR) is 55.9 cm³/mol. The maximum absolute atomic E-state index is 5.53. The maximum atomic E-state index is 5.53. The molecule has 0 saturated heterocycles. The largest absolute Gasteiger partial charge is 1.00 e. The van der Waals surface area contributed by atoms with Gasteiger partial charge in [0.25, 0.3) is 0 Å². The third-order valence-corrected chi connectivity index (χ3v) is 2.19. The molecule has 2 nitrogen and oxygen atoms in total. The van der Waals surface area contributed by atoms with Crippen molar-refractivity contribution in [1.82, 2.24) is 0 Å². The summed E-state index contributed by atoms with van der Waals surface area (Å²) >= 11 is 0. The Hall–Kier alpha value is -1.38. The maximum Gasteiger partial charge on any atom is 0.210 e. The Labute approximate surface area is 95.8 Å². The smallest absolute Gasteiger partial charge is 0.210 e. The summed E-state index contributed by atoms with van der Waals surface area (Å²) in [5.41, 5.74) is 7.84. The van der Waals surface area contributed by atoms with Crippen LogP contribution < -0.4 is 22.7 Å². The van der Waals surface area contributed by atoms with E-state index in [-0.39, 0.29) is 12.4 Å². The highest BCUT2D eigenvalue weighted by molar-refractivity contribution is 5.27. The Morgan fingerprint density at radius 2 is 1.53 bits per heavy atom. The summed E-state index contributed by atoms with van der Waals surface area (Å²) in [7, 11) is 0. The molecule has 0 atom stereocenters. The number of pyridine rings is 1. The first-order chi connectivity index (χ1) is 6.90. The van der Waals surface area contributed by atoms with Crippen LogP contribution in [0.15, 0.2) is 54.9 Å². The molecule has 0 saturated carbocycles. The van der Waals surface area contributed by atoms with Crippen molar-refractivity contribution in [3.63, 3.8) is 0 Å². The Morgan fingerprint density at radius 1 is 0.933 bits per heavy atom. The lowest BCUT2D eigenvalue weighted by molar-refractivity contribution is -0.595. The predicted octanol–water partition coefficient (Wildman–Crippen LogP) is -1.57. The minimum absolute atomic E-state index is 0. The Balaban J connectivity index is 0.00000112. The Morgan fingerprint density at radius 3 is 2.07 bits per heavy atom. The summed E-state index contributed by atoms with van der Waals surface area (Å²) in [5.74, 6) is 0. The summed E-state index contributed by atoms with van der Waals surface area (Å²) < 4.78 is 2.07. The second-order valence-electron chi connectivity index (χ2n) is 3.15. The molecule has 0 fully saturated rings. The van der Waals surface area contributed by atoms with Gasteiger partial charge in [0, 0.05) is 30.8 Å². The lowest BCUT2D eigenvalue weighted by Gasteiger charge is -1.97. The highest BCUT2D eigenvalue weighted by atomic mass is 35.5. The lowest BCUT2D eigenvalue weighted by Crippen LogP contribution is -3.00. The van der Waals surface area contributed by atoms with E-state index in [0.717, 1.165) is 11.3 Å². The molecule has 1 aromatic carbocycles. The fourth-order valence-corrected chi connectivity index (χ4v) is 1.37. The van der Waals surface area contributed by atoms with Gasteiger partial charge in [-0.2, -0.15) is 4.57 Å². The SMILES string of the molecule is NCc1ccc(-[n+]2ccccc2)cc1.[Cl-]. The molecule has 3 heteroatoms. The lowest BCUT2D eigenvalue weighted by atomic mass is 10.2. The monoisotopic (exact) mass is 220 g/mol. The van der Waals surface area contributed by atoms with Gasteiger partial charge in [0.15, 0.2) is 12.4 Å². The van der Waals surface area contributed by atoms with E-state index < -0.39 is 0 Å². The van der Waals surface area contributed by atoms with E-state index >= 15 is 0 Å². The van der Waals surface area contributed by atoms with Crippen LogP contribution in [0.2, 0.25) is 0 Å². The van der Waals surface area contributed by atoms with Gasteiger partial charge in [0.05, 0.1) is 0 Å². The molecule has 15 heavy (non-hydrogen) atoms. The van der Waals surface area contributed by atoms with Crippen molar-refractivity contribution in [3.05, 3.63) is 60.4 Å². The van der Waals surface area contributed by atoms with E-state index in [4.69, 9.17) is 5.73 Å². The van der Waals surface area contributed by atoms with Gasteiger partial charge in [0.1, 0.15) is 0 Å². The van der Waals surface area contributed by atoms with Crippen LogP contribution in [0.4, 0.5) is 0 Å². The van der Waals surface area contributed by atoms with E-state index in [1.54, 1.807) is 0 Å². The molecule has 78 valence electrons. The van der Waals surface area contributed by atoms with Gasteiger partial charge < -0.3 is 18.1 Å². The zero-order valence-corrected chi connectivity index (χ0v) is 9.06. The van der Waals surface area contributed by atoms with Crippen LogP contribution in [0.3, 0.4) is 0 Å². The summed E-state index contributed by atoms with van der Waals surface area (Å²) in [6.07, 6.45) is 4.05. The van der Waals surface area contributed by atoms with Crippen molar-refractivity contribution in [2.24, 2.45) is 5.73 Å². The standard InChI is InChI=1S/C12H13N2.ClH/c13-10-11-4-6-12(7-5-11)14-8-2-1-3-9-14;/h1-9H,10,13H2;1H/q+1;/p-1. The van der Waals surface area contributed by atoms with E-state index in [1.165, 1.54) is 0 Å². The number of benzene rings is 1. The zero-order chi connectivity index (χ0) is 9.80. The van der Waals surface area contributed by atoms with Crippen LogP contribution in [0.5, 0.6) is 0 Å². The molecule has 0 bridgehead atoms. The minimum atomic E-state index is 0. The highest BCUT2D eigenvalue weighted by Gasteiger charge is 2.02. The molecule has 0 aliphatic heterocycles. The topological polar surface area (TPSA) is 29.9 Å². The number of rotatable bonds is 2. The molecular weight excluding hydrogens is 208 g/mol. The fourth-order valence-electron chi connectivity index (χ4n) is 1.37. The van der Waals surface area contributed by atoms with Crippen molar-refractivity contribution in [2.45, 2.75) is 6.54 Å². The fraction of sp³-hybridized carbons (Fsp3) is 0.0833. The molecule has 0 aliphatic carbocycles. The molecule has 0 amide bonds. The van der Waals surface area contributed by atoms with Crippen molar-refractivity contribution < 1.29 is 17.0 Å². The van der Waals surface area contributed by atoms with E-state index in [0.29, 0.717) is 6.54 Å². The molecule has 2 aromatic rings. The van der Waals surface area contributed by atoms with Crippen molar-refractivity contribution >= 4 is 0 Å². The van der Waals surface area contributed by atoms with Crippen LogP contribution in [-0.2, 0) is 6.54 Å². The van der Waals surface area contributed by atoms with Crippen LogP contribution in [0.1, 0.15) is 5.56 Å². The van der Waals surface area contributed by atoms with Gasteiger partial charge in [-0.1, -0.05) is 18.2 Å². The van der Waals surface area contributed by atoms with Crippen molar-refractivity contribution in [1.29, 1.82) is 0 Å². The number of nitrogens with zero attached hydrogens (tertiary/aromatic N) is 1. The molecular formula is C12H13ClN2. The minimum Gasteiger partial charge on any atom is -1.00 e. The molecule has 2 N–H and O–H groups in total. The highest BCUT2D eigenvalue weighted by Crippen LogP contribution is 2.02. The number of hydrogen-bond acceptors (Lipinski definition) is 1. The molecule has 0 aliphatic rings. The summed E-state index contributed by atoms with van der Waals surface area (Å²) in [6, 6.07) is 14.3. The molecule has 0 spiro atoms. The molecule has 2 rings (SSSR count). The first kappa shape index (κ1) is 11.7. The second kappa shape index (κ2) is 5.49. The van der Waals surface area contributed by atoms with Gasteiger partial charge in [-0.15, -0.1) is 0 Å². The summed E-state index contributed by atoms with van der Waals surface area (Å²) in [6.45, 7) is 0.597. The average Bonchev–Trinajstić information content (AvgIpc) is 2.30. The van der Waals surface area contributed by atoms with Crippen LogP contribution in [0.25, 0.3) is 5.69 Å². The van der Waals surface area contributed by atoms with Crippen molar-refractivity contribution in [3.8, 4) is 5.69 Å². The Bertz CT molecular complexity index is 398. The van der Waals surface area contributed by atoms with Gasteiger partial charge in [-0.3, -0.25) is 0 Å². The molecule has 1 aromatic heterocycles. The average molecular weight is 221 g/mol. The van der Waals surface area contributed by atoms with Gasteiger partial charge in [-0.05, 0) is 5.56 Å². The van der Waals surface area contributed by atoms with E-state index in [2.05, 4.69) is 28.8 Å². The molecule has 0 unspecified atom stereocenters. The molecule has 0 radical (unpaired) electrons. The first-order valence-corrected chi connectivity index (χ1v) is 4.66. The van der Waals surface area contributed by atoms with Crippen LogP contribution >= 0.6 is 0 Å². The number of halogens is 1. The Kier molecular flexibility index (Phi) is 4.28.